The Kier molecular flexibility index (Phi) is 5.97. The van der Waals surface area contributed by atoms with Gasteiger partial charge >= 0.3 is 0 Å². The van der Waals surface area contributed by atoms with Crippen LogP contribution in [-0.4, -0.2) is 25.1 Å². The number of nitrogens with one attached hydrogen (secondary N) is 1. The van der Waals surface area contributed by atoms with Crippen molar-refractivity contribution in [2.45, 2.75) is 37.0 Å². The topological polar surface area (TPSA) is 76.1 Å². The van der Waals surface area contributed by atoms with Crippen LogP contribution in [0.5, 0.6) is 0 Å². The molecule has 5 nitrogen and oxygen atoms in total. The Morgan fingerprint density at radius 3 is 2.57 bits per heavy atom. The van der Waals surface area contributed by atoms with Crippen LogP contribution in [0, 0.1) is 5.82 Å². The Labute approximate surface area is 178 Å². The number of carbonyl (C=O) groups is 1. The lowest BCUT2D eigenvalue weighted by Crippen LogP contribution is -2.17. The smallest absolute Gasteiger partial charge is 0.227 e. The number of rotatable bonds is 6. The predicted molar refractivity (Wildman–Crippen MR) is 116 cm³/mol. The highest BCUT2D eigenvalue weighted by Crippen LogP contribution is 2.29. The average molecular weight is 445 g/mol. The first-order chi connectivity index (χ1) is 14.4. The molecule has 0 saturated heterocycles. The number of anilines is 1. The number of hydrogen-bond acceptors (Lipinski definition) is 5. The summed E-state index contributed by atoms with van der Waals surface area (Å²) in [6.07, 6.45) is 4.44. The van der Waals surface area contributed by atoms with Crippen molar-refractivity contribution in [1.82, 2.24) is 4.98 Å². The molecule has 4 rings (SSSR count). The number of aryl methyl sites for hydroxylation is 2. The maximum atomic E-state index is 13.0. The summed E-state index contributed by atoms with van der Waals surface area (Å²) in [7, 11) is -3.66. The van der Waals surface area contributed by atoms with Gasteiger partial charge in [0, 0.05) is 17.4 Å². The molecule has 1 N–H and O–H groups in total. The summed E-state index contributed by atoms with van der Waals surface area (Å²) in [6.45, 7) is 0. The number of hydrogen-bond donors (Lipinski definition) is 1. The quantitative estimate of drug-likeness (QED) is 0.563. The van der Waals surface area contributed by atoms with Gasteiger partial charge in [0.25, 0.3) is 0 Å². The number of carbonyl (C=O) groups excluding carboxylic acids is 1. The number of benzene rings is 2. The maximum Gasteiger partial charge on any atom is 0.227 e. The molecule has 0 saturated carbocycles. The number of fused-ring (bicyclic) bond motifs is 1. The number of halogens is 1. The fourth-order valence-electron chi connectivity index (χ4n) is 3.53. The first kappa shape index (κ1) is 20.7. The van der Waals surface area contributed by atoms with Gasteiger partial charge in [0.15, 0.2) is 15.0 Å². The summed E-state index contributed by atoms with van der Waals surface area (Å²) in [6, 6.07) is 11.0. The third-order valence-electron chi connectivity index (χ3n) is 5.17. The van der Waals surface area contributed by atoms with Crippen molar-refractivity contribution in [3.8, 4) is 11.3 Å². The monoisotopic (exact) mass is 444 g/mol. The molecule has 0 aliphatic heterocycles. The zero-order valence-corrected chi connectivity index (χ0v) is 17.9. The van der Waals surface area contributed by atoms with E-state index in [4.69, 9.17) is 0 Å². The molecule has 1 aromatic heterocycles. The van der Waals surface area contributed by atoms with Crippen molar-refractivity contribution in [3.05, 3.63) is 64.8 Å². The molecule has 1 aliphatic carbocycles. The van der Waals surface area contributed by atoms with Crippen LogP contribution >= 0.6 is 11.3 Å². The molecule has 1 heterocycles. The molecule has 3 aromatic rings. The largest absolute Gasteiger partial charge is 0.302 e. The Morgan fingerprint density at radius 2 is 1.80 bits per heavy atom. The lowest BCUT2D eigenvalue weighted by molar-refractivity contribution is -0.115. The fourth-order valence-corrected chi connectivity index (χ4v) is 5.50. The summed E-state index contributed by atoms with van der Waals surface area (Å²) >= 11 is 1.31. The van der Waals surface area contributed by atoms with Crippen LogP contribution in [0.25, 0.3) is 11.3 Å². The molecule has 0 fully saturated rings. The normalized spacial score (nSPS) is 13.6. The molecule has 0 unspecified atom stereocenters. The highest BCUT2D eigenvalue weighted by atomic mass is 32.2. The van der Waals surface area contributed by atoms with E-state index in [9.17, 15) is 17.6 Å². The van der Waals surface area contributed by atoms with Crippen LogP contribution in [0.1, 0.15) is 30.4 Å². The number of sulfone groups is 1. The average Bonchev–Trinajstić information content (AvgIpc) is 3.21. The van der Waals surface area contributed by atoms with Gasteiger partial charge in [0.05, 0.1) is 16.3 Å². The maximum absolute atomic E-state index is 13.0. The van der Waals surface area contributed by atoms with Crippen LogP contribution in [0.15, 0.2) is 52.7 Å². The zero-order valence-electron chi connectivity index (χ0n) is 16.2. The van der Waals surface area contributed by atoms with Crippen LogP contribution in [0.2, 0.25) is 0 Å². The lowest BCUT2D eigenvalue weighted by Gasteiger charge is -2.16. The van der Waals surface area contributed by atoms with Gasteiger partial charge in [0.1, 0.15) is 5.82 Å². The van der Waals surface area contributed by atoms with Gasteiger partial charge in [0.2, 0.25) is 5.91 Å². The predicted octanol–water partition coefficient (Wildman–Crippen LogP) is 4.63. The number of amides is 1. The second kappa shape index (κ2) is 8.65. The minimum atomic E-state index is -3.66. The summed E-state index contributed by atoms with van der Waals surface area (Å²) in [5, 5.41) is 4.99. The minimum absolute atomic E-state index is 0.000597. The van der Waals surface area contributed by atoms with Crippen LogP contribution < -0.4 is 5.32 Å². The molecule has 156 valence electrons. The molecule has 0 radical (unpaired) electrons. The highest BCUT2D eigenvalue weighted by Gasteiger charge is 2.18. The molecule has 1 amide bonds. The zero-order chi connectivity index (χ0) is 21.1. The number of nitrogens with zero attached hydrogens (tertiary/aromatic N) is 1. The summed E-state index contributed by atoms with van der Waals surface area (Å²) in [4.78, 5) is 16.7. The molecule has 8 heteroatoms. The Morgan fingerprint density at radius 1 is 1.07 bits per heavy atom. The van der Waals surface area contributed by atoms with E-state index in [1.807, 2.05) is 5.38 Å². The molecule has 1 aliphatic rings. The van der Waals surface area contributed by atoms with E-state index in [0.717, 1.165) is 36.2 Å². The van der Waals surface area contributed by atoms with Gasteiger partial charge in [-0.25, -0.2) is 17.8 Å². The number of aromatic nitrogens is 1. The number of thiazole rings is 1. The first-order valence-electron chi connectivity index (χ1n) is 9.77. The third kappa shape index (κ3) is 4.76. The highest BCUT2D eigenvalue weighted by molar-refractivity contribution is 7.91. The van der Waals surface area contributed by atoms with Gasteiger partial charge < -0.3 is 5.32 Å². The van der Waals surface area contributed by atoms with E-state index in [-0.39, 0.29) is 17.1 Å². The van der Waals surface area contributed by atoms with Crippen molar-refractivity contribution in [1.29, 1.82) is 0 Å². The van der Waals surface area contributed by atoms with Gasteiger partial charge in [-0.2, -0.15) is 0 Å². The Balaban J connectivity index is 1.38. The fraction of sp³-hybridized carbons (Fsp3) is 0.273. The molecule has 0 atom stereocenters. The van der Waals surface area contributed by atoms with Crippen LogP contribution in [0.3, 0.4) is 0 Å². The molecular formula is C22H21FN2O3S2. The van der Waals surface area contributed by atoms with E-state index in [1.54, 1.807) is 0 Å². The molecular weight excluding hydrogens is 423 g/mol. The van der Waals surface area contributed by atoms with Crippen LogP contribution in [-0.2, 0) is 27.5 Å². The second-order valence-corrected chi connectivity index (χ2v) is 10.3. The van der Waals surface area contributed by atoms with Crippen LogP contribution in [0.4, 0.5) is 9.52 Å². The molecule has 30 heavy (non-hydrogen) atoms. The van der Waals surface area contributed by atoms with Crippen molar-refractivity contribution in [2.75, 3.05) is 11.1 Å². The summed E-state index contributed by atoms with van der Waals surface area (Å²) in [5.41, 5.74) is 4.58. The molecule has 0 spiro atoms. The second-order valence-electron chi connectivity index (χ2n) is 7.30. The standard InChI is InChI=1S/C22H21FN2O3S2/c23-18-7-9-19(10-8-18)30(27,28)12-11-21(26)25-22-24-20(14-29-22)17-6-5-15-3-1-2-4-16(15)13-17/h5-10,13-14H,1-4,11-12H2,(H,24,25,26). The SMILES string of the molecule is O=C(CCS(=O)(=O)c1ccc(F)cc1)Nc1nc(-c2ccc3c(c2)CCCC3)cs1. The van der Waals surface area contributed by atoms with Crippen molar-refractivity contribution in [2.24, 2.45) is 0 Å². The Hall–Kier alpha value is -2.58. The van der Waals surface area contributed by atoms with Gasteiger partial charge in [-0.1, -0.05) is 12.1 Å². The van der Waals surface area contributed by atoms with Gasteiger partial charge in [-0.15, -0.1) is 11.3 Å². The van der Waals surface area contributed by atoms with E-state index >= 15 is 0 Å². The first-order valence-corrected chi connectivity index (χ1v) is 12.3. The summed E-state index contributed by atoms with van der Waals surface area (Å²) in [5.74, 6) is -1.29. The van der Waals surface area contributed by atoms with E-state index in [0.29, 0.717) is 5.13 Å². The minimum Gasteiger partial charge on any atom is -0.302 e. The molecule has 0 bridgehead atoms. The lowest BCUT2D eigenvalue weighted by atomic mass is 9.90. The van der Waals surface area contributed by atoms with E-state index < -0.39 is 21.6 Å². The Bertz CT molecular complexity index is 1170. The third-order valence-corrected chi connectivity index (χ3v) is 7.66. The summed E-state index contributed by atoms with van der Waals surface area (Å²) < 4.78 is 37.6. The van der Waals surface area contributed by atoms with Crippen molar-refractivity contribution < 1.29 is 17.6 Å². The van der Waals surface area contributed by atoms with Gasteiger partial charge in [-0.05, 0) is 67.1 Å². The molecule has 2 aromatic carbocycles. The van der Waals surface area contributed by atoms with E-state index in [2.05, 4.69) is 28.5 Å². The van der Waals surface area contributed by atoms with Crippen molar-refractivity contribution in [3.63, 3.8) is 0 Å². The van der Waals surface area contributed by atoms with Gasteiger partial charge in [-0.3, -0.25) is 4.79 Å². The van der Waals surface area contributed by atoms with Crippen molar-refractivity contribution >= 4 is 32.2 Å². The van der Waals surface area contributed by atoms with E-state index in [1.165, 1.54) is 47.4 Å².